The molecule has 4 nitrogen and oxygen atoms in total. The molecular weight excluding hydrogens is 324 g/mol. The van der Waals surface area contributed by atoms with Crippen LogP contribution in [0.5, 0.6) is 5.75 Å². The monoisotopic (exact) mass is 340 g/mol. The average molecular weight is 341 g/mol. The van der Waals surface area contributed by atoms with Crippen molar-refractivity contribution in [2.75, 3.05) is 6.61 Å². The van der Waals surface area contributed by atoms with Crippen molar-refractivity contribution in [3.8, 4) is 11.4 Å². The summed E-state index contributed by atoms with van der Waals surface area (Å²) in [6.07, 6.45) is 3.98. The molecule has 122 valence electrons. The van der Waals surface area contributed by atoms with Crippen LogP contribution in [0.1, 0.15) is 5.56 Å². The molecule has 3 rings (SSSR count). The molecule has 2 aromatic carbocycles. The number of halogens is 1. The summed E-state index contributed by atoms with van der Waals surface area (Å²) < 4.78 is 7.43. The van der Waals surface area contributed by atoms with E-state index >= 15 is 0 Å². The van der Waals surface area contributed by atoms with Crippen molar-refractivity contribution in [1.82, 2.24) is 9.88 Å². The Morgan fingerprint density at radius 3 is 2.50 bits per heavy atom. The van der Waals surface area contributed by atoms with E-state index in [4.69, 9.17) is 16.3 Å². The zero-order chi connectivity index (χ0) is 16.8. The van der Waals surface area contributed by atoms with Crippen LogP contribution in [0.3, 0.4) is 0 Å². The van der Waals surface area contributed by atoms with Crippen LogP contribution >= 0.6 is 11.6 Å². The second-order valence-corrected chi connectivity index (χ2v) is 5.72. The minimum Gasteiger partial charge on any atom is -0.484 e. The predicted octanol–water partition coefficient (Wildman–Crippen LogP) is 3.83. The molecule has 0 atom stereocenters. The molecule has 0 unspecified atom stereocenters. The first kappa shape index (κ1) is 16.1. The molecule has 0 fully saturated rings. The number of aromatic nitrogens is 1. The van der Waals surface area contributed by atoms with E-state index in [0.29, 0.717) is 17.3 Å². The molecular formula is C19H17ClN2O2. The van der Waals surface area contributed by atoms with Crippen LogP contribution in [0.4, 0.5) is 0 Å². The van der Waals surface area contributed by atoms with Crippen LogP contribution in [-0.4, -0.2) is 17.1 Å². The fourth-order valence-electron chi connectivity index (χ4n) is 2.25. The van der Waals surface area contributed by atoms with Gasteiger partial charge in [0.1, 0.15) is 5.75 Å². The maximum absolute atomic E-state index is 11.9. The van der Waals surface area contributed by atoms with Crippen molar-refractivity contribution in [2.24, 2.45) is 0 Å². The van der Waals surface area contributed by atoms with Crippen molar-refractivity contribution in [1.29, 1.82) is 0 Å². The zero-order valence-electron chi connectivity index (χ0n) is 13.0. The Bertz CT molecular complexity index is 798. The van der Waals surface area contributed by atoms with Crippen LogP contribution in [0.25, 0.3) is 5.69 Å². The van der Waals surface area contributed by atoms with E-state index in [2.05, 4.69) is 5.32 Å². The van der Waals surface area contributed by atoms with Crippen molar-refractivity contribution < 1.29 is 9.53 Å². The van der Waals surface area contributed by atoms with Crippen molar-refractivity contribution in [3.63, 3.8) is 0 Å². The largest absolute Gasteiger partial charge is 0.484 e. The summed E-state index contributed by atoms with van der Waals surface area (Å²) in [5.74, 6) is 0.401. The summed E-state index contributed by atoms with van der Waals surface area (Å²) >= 11 is 5.87. The molecule has 1 aromatic heterocycles. The second kappa shape index (κ2) is 7.70. The van der Waals surface area contributed by atoms with Gasteiger partial charge in [-0.25, -0.2) is 0 Å². The lowest BCUT2D eigenvalue weighted by Gasteiger charge is -2.09. The van der Waals surface area contributed by atoms with Gasteiger partial charge >= 0.3 is 0 Å². The summed E-state index contributed by atoms with van der Waals surface area (Å²) in [6.45, 7) is 0.422. The quantitative estimate of drug-likeness (QED) is 0.741. The lowest BCUT2D eigenvalue weighted by atomic mass is 10.2. The van der Waals surface area contributed by atoms with Gasteiger partial charge in [0.15, 0.2) is 6.61 Å². The third kappa shape index (κ3) is 4.40. The highest BCUT2D eigenvalue weighted by molar-refractivity contribution is 6.30. The molecule has 1 N–H and O–H groups in total. The Morgan fingerprint density at radius 2 is 1.79 bits per heavy atom. The lowest BCUT2D eigenvalue weighted by molar-refractivity contribution is -0.123. The normalized spacial score (nSPS) is 10.4. The molecule has 0 aliphatic rings. The molecule has 0 saturated carbocycles. The van der Waals surface area contributed by atoms with Crippen molar-refractivity contribution in [2.45, 2.75) is 6.54 Å². The summed E-state index contributed by atoms with van der Waals surface area (Å²) in [6, 6.07) is 19.0. The Morgan fingerprint density at radius 1 is 1.04 bits per heavy atom. The molecule has 0 bridgehead atoms. The molecule has 24 heavy (non-hydrogen) atoms. The second-order valence-electron chi connectivity index (χ2n) is 5.28. The maximum atomic E-state index is 11.9. The van der Waals surface area contributed by atoms with E-state index in [1.165, 1.54) is 0 Å². The fourth-order valence-corrected chi connectivity index (χ4v) is 2.43. The number of ether oxygens (including phenoxy) is 1. The summed E-state index contributed by atoms with van der Waals surface area (Å²) in [5, 5.41) is 3.41. The van der Waals surface area contributed by atoms with E-state index in [0.717, 1.165) is 11.3 Å². The molecule has 1 heterocycles. The van der Waals surface area contributed by atoms with Crippen LogP contribution in [0.15, 0.2) is 73.1 Å². The lowest BCUT2D eigenvalue weighted by Crippen LogP contribution is -2.28. The first-order valence-corrected chi connectivity index (χ1v) is 7.96. The van der Waals surface area contributed by atoms with Gasteiger partial charge < -0.3 is 14.6 Å². The SMILES string of the molecule is O=C(COc1cccc(Cl)c1)NCc1ccc(-n2cccc2)cc1. The highest BCUT2D eigenvalue weighted by Gasteiger charge is 2.04. The number of nitrogens with one attached hydrogen (secondary N) is 1. The maximum Gasteiger partial charge on any atom is 0.258 e. The van der Waals surface area contributed by atoms with Gasteiger partial charge in [-0.1, -0.05) is 29.8 Å². The number of hydrogen-bond donors (Lipinski definition) is 1. The van der Waals surface area contributed by atoms with Crippen LogP contribution in [0.2, 0.25) is 5.02 Å². The molecule has 0 spiro atoms. The Balaban J connectivity index is 1.47. The first-order chi connectivity index (χ1) is 11.7. The number of amides is 1. The van der Waals surface area contributed by atoms with E-state index in [1.54, 1.807) is 24.3 Å². The van der Waals surface area contributed by atoms with Crippen LogP contribution in [0, 0.1) is 0 Å². The molecule has 5 heteroatoms. The zero-order valence-corrected chi connectivity index (χ0v) is 13.7. The fraction of sp³-hybridized carbons (Fsp3) is 0.105. The van der Waals surface area contributed by atoms with E-state index in [1.807, 2.05) is 53.4 Å². The van der Waals surface area contributed by atoms with Crippen molar-refractivity contribution >= 4 is 17.5 Å². The van der Waals surface area contributed by atoms with Gasteiger partial charge in [0.2, 0.25) is 0 Å². The van der Waals surface area contributed by atoms with Crippen molar-refractivity contribution in [3.05, 3.63) is 83.6 Å². The van der Waals surface area contributed by atoms with Gasteiger partial charge in [-0.05, 0) is 48.0 Å². The smallest absolute Gasteiger partial charge is 0.258 e. The first-order valence-electron chi connectivity index (χ1n) is 7.58. The van der Waals surface area contributed by atoms with Crippen LogP contribution < -0.4 is 10.1 Å². The van der Waals surface area contributed by atoms with Gasteiger partial charge in [-0.3, -0.25) is 4.79 Å². The number of rotatable bonds is 6. The number of carbonyl (C=O) groups is 1. The van der Waals surface area contributed by atoms with E-state index in [-0.39, 0.29) is 12.5 Å². The third-order valence-corrected chi connectivity index (χ3v) is 3.73. The standard InChI is InChI=1S/C19H17ClN2O2/c20-16-4-3-5-18(12-16)24-14-19(23)21-13-15-6-8-17(9-7-15)22-10-1-2-11-22/h1-12H,13-14H2,(H,21,23). The minimum atomic E-state index is -0.176. The third-order valence-electron chi connectivity index (χ3n) is 3.49. The van der Waals surface area contributed by atoms with Gasteiger partial charge in [0.05, 0.1) is 0 Å². The van der Waals surface area contributed by atoms with Crippen LogP contribution in [-0.2, 0) is 11.3 Å². The predicted molar refractivity (Wildman–Crippen MR) is 94.6 cm³/mol. The summed E-state index contributed by atoms with van der Waals surface area (Å²) in [4.78, 5) is 11.9. The van der Waals surface area contributed by atoms with Gasteiger partial charge in [-0.2, -0.15) is 0 Å². The highest BCUT2D eigenvalue weighted by Crippen LogP contribution is 2.16. The highest BCUT2D eigenvalue weighted by atomic mass is 35.5. The molecule has 0 saturated heterocycles. The number of hydrogen-bond acceptors (Lipinski definition) is 2. The number of carbonyl (C=O) groups excluding carboxylic acids is 1. The molecule has 0 radical (unpaired) electrons. The molecule has 0 aliphatic heterocycles. The topological polar surface area (TPSA) is 43.3 Å². The number of benzene rings is 2. The number of nitrogens with zero attached hydrogens (tertiary/aromatic N) is 1. The van der Waals surface area contributed by atoms with Gasteiger partial charge in [0, 0.05) is 29.6 Å². The van der Waals surface area contributed by atoms with Gasteiger partial charge in [0.25, 0.3) is 5.91 Å². The van der Waals surface area contributed by atoms with Gasteiger partial charge in [-0.15, -0.1) is 0 Å². The Hall–Kier alpha value is -2.72. The van der Waals surface area contributed by atoms with E-state index in [9.17, 15) is 4.79 Å². The Labute approximate surface area is 145 Å². The summed E-state index contributed by atoms with van der Waals surface area (Å²) in [7, 11) is 0. The molecule has 1 amide bonds. The molecule has 3 aromatic rings. The average Bonchev–Trinajstić information content (AvgIpc) is 3.13. The minimum absolute atomic E-state index is 0.0399. The van der Waals surface area contributed by atoms with E-state index < -0.39 is 0 Å². The Kier molecular flexibility index (Phi) is 5.18. The summed E-state index contributed by atoms with van der Waals surface area (Å²) in [5.41, 5.74) is 2.11. The molecule has 0 aliphatic carbocycles.